The van der Waals surface area contributed by atoms with Crippen molar-refractivity contribution in [3.8, 4) is 5.75 Å². The highest BCUT2D eigenvalue weighted by Crippen LogP contribution is 2.25. The van der Waals surface area contributed by atoms with Gasteiger partial charge in [-0.15, -0.1) is 0 Å². The largest absolute Gasteiger partial charge is 0.495 e. The smallest absolute Gasteiger partial charge is 0.224 e. The van der Waals surface area contributed by atoms with Gasteiger partial charge in [-0.05, 0) is 37.0 Å². The minimum atomic E-state index is 0.0106. The number of hydrogen-bond donors (Lipinski definition) is 2. The molecule has 1 aromatic carbocycles. The summed E-state index contributed by atoms with van der Waals surface area (Å²) in [6, 6.07) is 5.23. The molecule has 3 N–H and O–H groups in total. The number of methoxy groups -OCH3 is 1. The number of anilines is 2. The number of rotatable bonds is 5. The molecule has 1 aromatic rings. The van der Waals surface area contributed by atoms with E-state index in [0.717, 1.165) is 26.1 Å². The quantitative estimate of drug-likeness (QED) is 0.798. The maximum atomic E-state index is 11.8. The highest BCUT2D eigenvalue weighted by Gasteiger charge is 2.16. The van der Waals surface area contributed by atoms with Crippen molar-refractivity contribution in [2.45, 2.75) is 19.3 Å². The number of nitrogens with two attached hydrogens (primary N) is 1. The molecule has 104 valence electrons. The molecule has 5 heteroatoms. The zero-order chi connectivity index (χ0) is 13.7. The first-order valence-electron chi connectivity index (χ1n) is 6.50. The van der Waals surface area contributed by atoms with Gasteiger partial charge in [0.05, 0.1) is 12.8 Å². The summed E-state index contributed by atoms with van der Waals surface area (Å²) in [6.45, 7) is 1.60. The highest BCUT2D eigenvalue weighted by atomic mass is 16.5. The van der Waals surface area contributed by atoms with Crippen LogP contribution in [0, 0.1) is 5.92 Å². The number of carbonyl (C=O) groups excluding carboxylic acids is 1. The first kappa shape index (κ1) is 13.7. The predicted octanol–water partition coefficient (Wildman–Crippen LogP) is 2.03. The van der Waals surface area contributed by atoms with Crippen LogP contribution >= 0.6 is 0 Å². The van der Waals surface area contributed by atoms with Crippen LogP contribution in [0.1, 0.15) is 19.3 Å². The van der Waals surface area contributed by atoms with Crippen LogP contribution in [0.2, 0.25) is 0 Å². The maximum Gasteiger partial charge on any atom is 0.224 e. The van der Waals surface area contributed by atoms with Crippen molar-refractivity contribution in [2.75, 3.05) is 31.4 Å². The average molecular weight is 264 g/mol. The topological polar surface area (TPSA) is 73.6 Å². The van der Waals surface area contributed by atoms with Gasteiger partial charge in [0.25, 0.3) is 0 Å². The molecule has 0 radical (unpaired) electrons. The van der Waals surface area contributed by atoms with E-state index in [2.05, 4.69) is 5.32 Å². The van der Waals surface area contributed by atoms with Crippen LogP contribution in [-0.4, -0.2) is 26.2 Å². The molecule has 0 aliphatic carbocycles. The highest BCUT2D eigenvalue weighted by molar-refractivity contribution is 5.91. The molecule has 1 fully saturated rings. The summed E-state index contributed by atoms with van der Waals surface area (Å²) in [4.78, 5) is 11.8. The van der Waals surface area contributed by atoms with Crippen molar-refractivity contribution in [1.29, 1.82) is 0 Å². The van der Waals surface area contributed by atoms with Crippen molar-refractivity contribution in [3.63, 3.8) is 0 Å². The third kappa shape index (κ3) is 3.86. The van der Waals surface area contributed by atoms with E-state index in [-0.39, 0.29) is 5.91 Å². The van der Waals surface area contributed by atoms with Gasteiger partial charge >= 0.3 is 0 Å². The molecule has 1 unspecified atom stereocenters. The number of hydrogen-bond acceptors (Lipinski definition) is 4. The van der Waals surface area contributed by atoms with Crippen LogP contribution in [0.3, 0.4) is 0 Å². The second-order valence-corrected chi connectivity index (χ2v) is 4.77. The lowest BCUT2D eigenvalue weighted by atomic mass is 10.0. The summed E-state index contributed by atoms with van der Waals surface area (Å²) >= 11 is 0. The Hall–Kier alpha value is -1.75. The molecule has 1 amide bonds. The Morgan fingerprint density at radius 2 is 2.42 bits per heavy atom. The Balaban J connectivity index is 1.82. The zero-order valence-corrected chi connectivity index (χ0v) is 11.1. The first-order valence-corrected chi connectivity index (χ1v) is 6.50. The molecule has 0 aromatic heterocycles. The SMILES string of the molecule is COc1ccc(NC(=O)CCC2CCOC2)cc1N. The Labute approximate surface area is 113 Å². The minimum absolute atomic E-state index is 0.0106. The van der Waals surface area contributed by atoms with Crippen LogP contribution in [0.4, 0.5) is 11.4 Å². The molecule has 2 rings (SSSR count). The predicted molar refractivity (Wildman–Crippen MR) is 74.2 cm³/mol. The summed E-state index contributed by atoms with van der Waals surface area (Å²) in [5.41, 5.74) is 7.01. The molecular formula is C14H20N2O3. The Bertz CT molecular complexity index is 442. The minimum Gasteiger partial charge on any atom is -0.495 e. The van der Waals surface area contributed by atoms with Gasteiger partial charge < -0.3 is 20.5 Å². The molecule has 0 spiro atoms. The number of ether oxygens (including phenoxy) is 2. The van der Waals surface area contributed by atoms with Gasteiger partial charge in [0.1, 0.15) is 5.75 Å². The van der Waals surface area contributed by atoms with Gasteiger partial charge in [-0.25, -0.2) is 0 Å². The second kappa shape index (κ2) is 6.43. The Kier molecular flexibility index (Phi) is 4.63. The standard InChI is InChI=1S/C14H20N2O3/c1-18-13-4-3-11(8-12(13)15)16-14(17)5-2-10-6-7-19-9-10/h3-4,8,10H,2,5-7,9,15H2,1H3,(H,16,17). The van der Waals surface area contributed by atoms with E-state index in [1.54, 1.807) is 25.3 Å². The number of amides is 1. The van der Waals surface area contributed by atoms with Gasteiger partial charge in [-0.1, -0.05) is 0 Å². The summed E-state index contributed by atoms with van der Waals surface area (Å²) in [5, 5.41) is 2.84. The lowest BCUT2D eigenvalue weighted by molar-refractivity contribution is -0.116. The van der Waals surface area contributed by atoms with E-state index in [1.807, 2.05) is 0 Å². The lowest BCUT2D eigenvalue weighted by Crippen LogP contribution is -2.13. The number of nitrogens with one attached hydrogen (secondary N) is 1. The van der Waals surface area contributed by atoms with Gasteiger partial charge in [-0.2, -0.15) is 0 Å². The third-order valence-electron chi connectivity index (χ3n) is 3.32. The van der Waals surface area contributed by atoms with E-state index in [0.29, 0.717) is 29.5 Å². The van der Waals surface area contributed by atoms with Crippen LogP contribution in [0.15, 0.2) is 18.2 Å². The van der Waals surface area contributed by atoms with Crippen molar-refractivity contribution >= 4 is 17.3 Å². The second-order valence-electron chi connectivity index (χ2n) is 4.77. The lowest BCUT2D eigenvalue weighted by Gasteiger charge is -2.10. The molecule has 1 atom stereocenters. The van der Waals surface area contributed by atoms with E-state index < -0.39 is 0 Å². The molecule has 19 heavy (non-hydrogen) atoms. The van der Waals surface area contributed by atoms with E-state index in [1.165, 1.54) is 0 Å². The van der Waals surface area contributed by atoms with Crippen molar-refractivity contribution in [1.82, 2.24) is 0 Å². The fourth-order valence-corrected chi connectivity index (χ4v) is 2.18. The number of nitrogen functional groups attached to an aromatic ring is 1. The monoisotopic (exact) mass is 264 g/mol. The van der Waals surface area contributed by atoms with E-state index in [9.17, 15) is 4.79 Å². The molecule has 1 heterocycles. The molecule has 0 saturated carbocycles. The molecule has 0 bridgehead atoms. The molecule has 1 saturated heterocycles. The zero-order valence-electron chi connectivity index (χ0n) is 11.1. The van der Waals surface area contributed by atoms with Crippen molar-refractivity contribution in [2.24, 2.45) is 5.92 Å². The van der Waals surface area contributed by atoms with Gasteiger partial charge in [0.2, 0.25) is 5.91 Å². The summed E-state index contributed by atoms with van der Waals surface area (Å²) in [5.74, 6) is 1.14. The summed E-state index contributed by atoms with van der Waals surface area (Å²) in [6.07, 6.45) is 2.44. The van der Waals surface area contributed by atoms with Gasteiger partial charge in [-0.3, -0.25) is 4.79 Å². The fraction of sp³-hybridized carbons (Fsp3) is 0.500. The third-order valence-corrected chi connectivity index (χ3v) is 3.32. The summed E-state index contributed by atoms with van der Waals surface area (Å²) in [7, 11) is 1.56. The van der Waals surface area contributed by atoms with Gasteiger partial charge in [0, 0.05) is 25.3 Å². The van der Waals surface area contributed by atoms with Crippen LogP contribution in [0.5, 0.6) is 5.75 Å². The average Bonchev–Trinajstić information content (AvgIpc) is 2.90. The molecule has 1 aliphatic rings. The van der Waals surface area contributed by atoms with E-state index in [4.69, 9.17) is 15.2 Å². The van der Waals surface area contributed by atoms with Crippen molar-refractivity contribution < 1.29 is 14.3 Å². The molecular weight excluding hydrogens is 244 g/mol. The Morgan fingerprint density at radius 3 is 3.05 bits per heavy atom. The Morgan fingerprint density at radius 1 is 1.58 bits per heavy atom. The normalized spacial score (nSPS) is 18.3. The van der Waals surface area contributed by atoms with Gasteiger partial charge in [0.15, 0.2) is 0 Å². The maximum absolute atomic E-state index is 11.8. The van der Waals surface area contributed by atoms with E-state index >= 15 is 0 Å². The van der Waals surface area contributed by atoms with Crippen LogP contribution < -0.4 is 15.8 Å². The number of carbonyl (C=O) groups is 1. The molecule has 5 nitrogen and oxygen atoms in total. The van der Waals surface area contributed by atoms with Crippen molar-refractivity contribution in [3.05, 3.63) is 18.2 Å². The number of benzene rings is 1. The van der Waals surface area contributed by atoms with Crippen LogP contribution in [-0.2, 0) is 9.53 Å². The molecule has 1 aliphatic heterocycles. The first-order chi connectivity index (χ1) is 9.19. The fourth-order valence-electron chi connectivity index (χ4n) is 2.18. The summed E-state index contributed by atoms with van der Waals surface area (Å²) < 4.78 is 10.4. The van der Waals surface area contributed by atoms with Crippen LogP contribution in [0.25, 0.3) is 0 Å².